The van der Waals surface area contributed by atoms with Crippen molar-refractivity contribution in [2.24, 2.45) is 5.92 Å². The van der Waals surface area contributed by atoms with E-state index in [1.165, 1.54) is 6.07 Å². The van der Waals surface area contributed by atoms with E-state index in [0.717, 1.165) is 25.2 Å². The highest BCUT2D eigenvalue weighted by molar-refractivity contribution is 5.34. The second kappa shape index (κ2) is 5.93. The third-order valence-corrected chi connectivity index (χ3v) is 3.42. The van der Waals surface area contributed by atoms with E-state index in [0.29, 0.717) is 18.5 Å². The van der Waals surface area contributed by atoms with Gasteiger partial charge in [-0.05, 0) is 24.8 Å². The van der Waals surface area contributed by atoms with E-state index in [1.54, 1.807) is 12.1 Å². The van der Waals surface area contributed by atoms with Crippen molar-refractivity contribution < 1.29 is 9.66 Å². The molecular formula is C13H18N2O3. The van der Waals surface area contributed by atoms with Crippen LogP contribution in [-0.2, 0) is 11.3 Å². The summed E-state index contributed by atoms with van der Waals surface area (Å²) in [6.07, 6.45) is 1.09. The highest BCUT2D eigenvalue weighted by Crippen LogP contribution is 2.17. The van der Waals surface area contributed by atoms with Crippen LogP contribution in [0.15, 0.2) is 24.3 Å². The zero-order valence-corrected chi connectivity index (χ0v) is 10.5. The third-order valence-electron chi connectivity index (χ3n) is 3.42. The summed E-state index contributed by atoms with van der Waals surface area (Å²) in [6.45, 7) is 4.44. The summed E-state index contributed by atoms with van der Waals surface area (Å²) in [4.78, 5) is 10.3. The quantitative estimate of drug-likeness (QED) is 0.642. The van der Waals surface area contributed by atoms with Gasteiger partial charge in [0.05, 0.1) is 11.5 Å². The molecule has 2 rings (SSSR count). The Morgan fingerprint density at radius 2 is 2.44 bits per heavy atom. The van der Waals surface area contributed by atoms with E-state index in [4.69, 9.17) is 4.74 Å². The van der Waals surface area contributed by atoms with Crippen molar-refractivity contribution in [1.82, 2.24) is 5.32 Å². The summed E-state index contributed by atoms with van der Waals surface area (Å²) < 4.78 is 5.35. The Morgan fingerprint density at radius 3 is 3.11 bits per heavy atom. The lowest BCUT2D eigenvalue weighted by Crippen LogP contribution is -2.33. The Morgan fingerprint density at radius 1 is 1.61 bits per heavy atom. The van der Waals surface area contributed by atoms with Crippen LogP contribution in [0.5, 0.6) is 0 Å². The minimum Gasteiger partial charge on any atom is -0.381 e. The van der Waals surface area contributed by atoms with Crippen LogP contribution >= 0.6 is 0 Å². The maximum Gasteiger partial charge on any atom is 0.269 e. The number of nitrogens with one attached hydrogen (secondary N) is 1. The molecule has 1 fully saturated rings. The second-order valence-electron chi connectivity index (χ2n) is 4.72. The lowest BCUT2D eigenvalue weighted by molar-refractivity contribution is -0.384. The molecule has 1 aromatic carbocycles. The molecule has 1 aromatic rings. The van der Waals surface area contributed by atoms with Crippen molar-refractivity contribution in [3.05, 3.63) is 39.9 Å². The number of nitrogens with zero attached hydrogens (tertiary/aromatic N) is 1. The minimum atomic E-state index is -0.363. The van der Waals surface area contributed by atoms with Crippen molar-refractivity contribution in [1.29, 1.82) is 0 Å². The number of hydrogen-bond donors (Lipinski definition) is 1. The Bertz CT molecular complexity index is 416. The lowest BCUT2D eigenvalue weighted by Gasteiger charge is -2.19. The SMILES string of the molecule is CC(NCc1cccc([N+](=O)[O-])c1)C1CCOC1. The molecule has 0 saturated carbocycles. The van der Waals surface area contributed by atoms with Gasteiger partial charge in [0.15, 0.2) is 0 Å². The molecule has 2 unspecified atom stereocenters. The van der Waals surface area contributed by atoms with Crippen LogP contribution in [-0.4, -0.2) is 24.2 Å². The number of nitro groups is 1. The maximum atomic E-state index is 10.7. The number of ether oxygens (including phenoxy) is 1. The average molecular weight is 250 g/mol. The average Bonchev–Trinajstić information content (AvgIpc) is 2.90. The van der Waals surface area contributed by atoms with Crippen molar-refractivity contribution in [3.8, 4) is 0 Å². The smallest absolute Gasteiger partial charge is 0.269 e. The molecule has 1 heterocycles. The highest BCUT2D eigenvalue weighted by atomic mass is 16.6. The first kappa shape index (κ1) is 13.0. The Hall–Kier alpha value is -1.46. The summed E-state index contributed by atoms with van der Waals surface area (Å²) in [5.41, 5.74) is 1.08. The fourth-order valence-electron chi connectivity index (χ4n) is 2.17. The summed E-state index contributed by atoms with van der Waals surface area (Å²) in [6, 6.07) is 7.12. The van der Waals surface area contributed by atoms with Crippen LogP contribution in [0.4, 0.5) is 5.69 Å². The monoisotopic (exact) mass is 250 g/mol. The van der Waals surface area contributed by atoms with Crippen molar-refractivity contribution >= 4 is 5.69 Å². The Balaban J connectivity index is 1.89. The molecule has 1 saturated heterocycles. The molecule has 5 nitrogen and oxygen atoms in total. The molecule has 2 atom stereocenters. The van der Waals surface area contributed by atoms with E-state index in [2.05, 4.69) is 12.2 Å². The van der Waals surface area contributed by atoms with Gasteiger partial charge < -0.3 is 10.1 Å². The van der Waals surface area contributed by atoms with Gasteiger partial charge in [-0.1, -0.05) is 12.1 Å². The van der Waals surface area contributed by atoms with Crippen molar-refractivity contribution in [2.75, 3.05) is 13.2 Å². The fraction of sp³-hybridized carbons (Fsp3) is 0.538. The largest absolute Gasteiger partial charge is 0.381 e. The van der Waals surface area contributed by atoms with Gasteiger partial charge in [-0.25, -0.2) is 0 Å². The molecule has 1 N–H and O–H groups in total. The number of benzene rings is 1. The summed E-state index contributed by atoms with van der Waals surface area (Å²) in [5, 5.41) is 14.1. The van der Waals surface area contributed by atoms with E-state index in [9.17, 15) is 10.1 Å². The van der Waals surface area contributed by atoms with Crippen LogP contribution in [0, 0.1) is 16.0 Å². The number of rotatable bonds is 5. The topological polar surface area (TPSA) is 64.4 Å². The molecule has 18 heavy (non-hydrogen) atoms. The minimum absolute atomic E-state index is 0.145. The number of non-ortho nitro benzene ring substituents is 1. The molecule has 1 aliphatic heterocycles. The second-order valence-corrected chi connectivity index (χ2v) is 4.72. The first-order chi connectivity index (χ1) is 8.66. The zero-order valence-electron chi connectivity index (χ0n) is 10.5. The molecule has 0 radical (unpaired) electrons. The van der Waals surface area contributed by atoms with Crippen LogP contribution in [0.3, 0.4) is 0 Å². The van der Waals surface area contributed by atoms with Gasteiger partial charge in [0, 0.05) is 31.3 Å². The molecular weight excluding hydrogens is 232 g/mol. The molecule has 0 spiro atoms. The summed E-state index contributed by atoms with van der Waals surface area (Å²) >= 11 is 0. The van der Waals surface area contributed by atoms with Gasteiger partial charge in [0.1, 0.15) is 0 Å². The summed E-state index contributed by atoms with van der Waals surface area (Å²) in [5.74, 6) is 0.545. The van der Waals surface area contributed by atoms with Crippen molar-refractivity contribution in [3.63, 3.8) is 0 Å². The van der Waals surface area contributed by atoms with Crippen LogP contribution in [0.1, 0.15) is 18.9 Å². The molecule has 0 aliphatic carbocycles. The van der Waals surface area contributed by atoms with Gasteiger partial charge >= 0.3 is 0 Å². The predicted octanol–water partition coefficient (Wildman–Crippen LogP) is 2.11. The maximum absolute atomic E-state index is 10.7. The van der Waals surface area contributed by atoms with E-state index < -0.39 is 0 Å². The number of hydrogen-bond acceptors (Lipinski definition) is 4. The Kier molecular flexibility index (Phi) is 4.28. The van der Waals surface area contributed by atoms with Gasteiger partial charge in [-0.3, -0.25) is 10.1 Å². The first-order valence-corrected chi connectivity index (χ1v) is 6.21. The normalized spacial score (nSPS) is 20.8. The van der Waals surface area contributed by atoms with E-state index in [1.807, 2.05) is 6.07 Å². The van der Waals surface area contributed by atoms with Crippen LogP contribution < -0.4 is 5.32 Å². The lowest BCUT2D eigenvalue weighted by atomic mass is 10.0. The van der Waals surface area contributed by atoms with Gasteiger partial charge in [-0.15, -0.1) is 0 Å². The zero-order chi connectivity index (χ0) is 13.0. The van der Waals surface area contributed by atoms with Gasteiger partial charge in [0.25, 0.3) is 5.69 Å². The third kappa shape index (κ3) is 3.27. The number of nitro benzene ring substituents is 1. The fourth-order valence-corrected chi connectivity index (χ4v) is 2.17. The predicted molar refractivity (Wildman–Crippen MR) is 68.3 cm³/mol. The molecule has 0 bridgehead atoms. The van der Waals surface area contributed by atoms with Gasteiger partial charge in [0.2, 0.25) is 0 Å². The molecule has 1 aliphatic rings. The van der Waals surface area contributed by atoms with Gasteiger partial charge in [-0.2, -0.15) is 0 Å². The standard InChI is InChI=1S/C13H18N2O3/c1-10(12-5-6-18-9-12)14-8-11-3-2-4-13(7-11)15(16)17/h2-4,7,10,12,14H,5-6,8-9H2,1H3. The molecule has 0 aromatic heterocycles. The molecule has 98 valence electrons. The highest BCUT2D eigenvalue weighted by Gasteiger charge is 2.21. The van der Waals surface area contributed by atoms with Crippen molar-refractivity contribution in [2.45, 2.75) is 25.9 Å². The van der Waals surface area contributed by atoms with E-state index >= 15 is 0 Å². The van der Waals surface area contributed by atoms with E-state index in [-0.39, 0.29) is 10.6 Å². The van der Waals surface area contributed by atoms with Crippen LogP contribution in [0.2, 0.25) is 0 Å². The summed E-state index contributed by atoms with van der Waals surface area (Å²) in [7, 11) is 0. The first-order valence-electron chi connectivity index (χ1n) is 6.21. The van der Waals surface area contributed by atoms with Crippen LogP contribution in [0.25, 0.3) is 0 Å². The molecule has 0 amide bonds. The molecule has 5 heteroatoms. The Labute approximate surface area is 106 Å².